The largest absolute Gasteiger partial charge is 0.497 e. The Bertz CT molecular complexity index is 782. The summed E-state index contributed by atoms with van der Waals surface area (Å²) >= 11 is 3.32. The number of ether oxygens (including phenoxy) is 1. The number of amides is 1. The van der Waals surface area contributed by atoms with E-state index in [1.165, 1.54) is 10.6 Å². The van der Waals surface area contributed by atoms with E-state index in [-0.39, 0.29) is 24.1 Å². The summed E-state index contributed by atoms with van der Waals surface area (Å²) in [5, 5.41) is 3.07. The number of methoxy groups -OCH3 is 1. The minimum Gasteiger partial charge on any atom is -0.497 e. The zero-order chi connectivity index (χ0) is 17.1. The van der Waals surface area contributed by atoms with E-state index in [0.29, 0.717) is 5.92 Å². The van der Waals surface area contributed by atoms with Crippen LogP contribution in [0.4, 0.5) is 0 Å². The fraction of sp³-hybridized carbons (Fsp3) is 0.333. The molecule has 1 unspecified atom stereocenters. The van der Waals surface area contributed by atoms with Gasteiger partial charge in [-0.2, -0.15) is 0 Å². The van der Waals surface area contributed by atoms with Gasteiger partial charge in [0.25, 0.3) is 5.56 Å². The topological polar surface area (TPSA) is 60.3 Å². The van der Waals surface area contributed by atoms with Crippen LogP contribution >= 0.6 is 15.9 Å². The van der Waals surface area contributed by atoms with Crippen molar-refractivity contribution in [3.8, 4) is 5.75 Å². The predicted octanol–water partition coefficient (Wildman–Crippen LogP) is 2.89. The molecule has 6 heteroatoms. The molecule has 1 aromatic carbocycles. The van der Waals surface area contributed by atoms with Gasteiger partial charge < -0.3 is 14.6 Å². The molecule has 3 rings (SSSR count). The normalized spacial score (nSPS) is 14.9. The second-order valence-electron chi connectivity index (χ2n) is 5.97. The maximum atomic E-state index is 12.4. The van der Waals surface area contributed by atoms with Gasteiger partial charge in [0.05, 0.1) is 13.2 Å². The van der Waals surface area contributed by atoms with Crippen LogP contribution in [0.25, 0.3) is 0 Å². The van der Waals surface area contributed by atoms with Gasteiger partial charge in [-0.15, -0.1) is 0 Å². The lowest BCUT2D eigenvalue weighted by Crippen LogP contribution is -2.35. The number of nitrogens with zero attached hydrogens (tertiary/aromatic N) is 1. The van der Waals surface area contributed by atoms with Crippen molar-refractivity contribution in [1.29, 1.82) is 0 Å². The molecule has 0 saturated heterocycles. The summed E-state index contributed by atoms with van der Waals surface area (Å²) in [6.45, 7) is 0.0116. The standard InChI is InChI=1S/C18H19BrN2O3/c1-24-15-7-4-13(5-8-15)18(12-2-3-12)20-16(22)11-21-10-14(19)6-9-17(21)23/h4-10,12,18H,2-3,11H2,1H3,(H,20,22). The van der Waals surface area contributed by atoms with Crippen molar-refractivity contribution in [2.75, 3.05) is 7.11 Å². The first-order valence-electron chi connectivity index (χ1n) is 7.86. The van der Waals surface area contributed by atoms with Gasteiger partial charge in [-0.25, -0.2) is 0 Å². The summed E-state index contributed by atoms with van der Waals surface area (Å²) in [5.74, 6) is 1.09. The summed E-state index contributed by atoms with van der Waals surface area (Å²) < 4.78 is 7.35. The molecular formula is C18H19BrN2O3. The van der Waals surface area contributed by atoms with Crippen molar-refractivity contribution >= 4 is 21.8 Å². The van der Waals surface area contributed by atoms with Crippen molar-refractivity contribution in [2.45, 2.75) is 25.4 Å². The fourth-order valence-electron chi connectivity index (χ4n) is 2.71. The van der Waals surface area contributed by atoms with Crippen LogP contribution in [0.2, 0.25) is 0 Å². The second-order valence-corrected chi connectivity index (χ2v) is 6.88. The highest BCUT2D eigenvalue weighted by atomic mass is 79.9. The number of rotatable bonds is 6. The number of carbonyl (C=O) groups excluding carboxylic acids is 1. The Hall–Kier alpha value is -2.08. The van der Waals surface area contributed by atoms with Crippen LogP contribution < -0.4 is 15.6 Å². The molecule has 126 valence electrons. The van der Waals surface area contributed by atoms with E-state index in [0.717, 1.165) is 28.6 Å². The van der Waals surface area contributed by atoms with E-state index in [9.17, 15) is 9.59 Å². The smallest absolute Gasteiger partial charge is 0.251 e. The molecule has 1 fully saturated rings. The number of pyridine rings is 1. The van der Waals surface area contributed by atoms with Crippen molar-refractivity contribution in [1.82, 2.24) is 9.88 Å². The number of hydrogen-bond donors (Lipinski definition) is 1. The number of hydrogen-bond acceptors (Lipinski definition) is 3. The molecule has 1 atom stereocenters. The maximum absolute atomic E-state index is 12.4. The van der Waals surface area contributed by atoms with Crippen LogP contribution in [0, 0.1) is 5.92 Å². The zero-order valence-corrected chi connectivity index (χ0v) is 15.0. The third-order valence-electron chi connectivity index (χ3n) is 4.15. The van der Waals surface area contributed by atoms with Crippen LogP contribution in [-0.4, -0.2) is 17.6 Å². The van der Waals surface area contributed by atoms with Crippen LogP contribution in [0.3, 0.4) is 0 Å². The highest BCUT2D eigenvalue weighted by Crippen LogP contribution is 2.41. The minimum atomic E-state index is -0.194. The van der Waals surface area contributed by atoms with Gasteiger partial charge in [0, 0.05) is 16.7 Å². The predicted molar refractivity (Wildman–Crippen MR) is 95.0 cm³/mol. The first kappa shape index (κ1) is 16.8. The van der Waals surface area contributed by atoms with E-state index in [2.05, 4.69) is 21.2 Å². The molecule has 1 heterocycles. The average Bonchev–Trinajstić information content (AvgIpc) is 3.41. The maximum Gasteiger partial charge on any atom is 0.251 e. The lowest BCUT2D eigenvalue weighted by atomic mass is 10.0. The average molecular weight is 391 g/mol. The van der Waals surface area contributed by atoms with E-state index in [1.807, 2.05) is 24.3 Å². The fourth-order valence-corrected chi connectivity index (χ4v) is 3.09. The summed E-state index contributed by atoms with van der Waals surface area (Å²) in [7, 11) is 1.63. The number of halogens is 1. The van der Waals surface area contributed by atoms with Crippen LogP contribution in [0.1, 0.15) is 24.4 Å². The van der Waals surface area contributed by atoms with Gasteiger partial charge in [-0.05, 0) is 58.5 Å². The SMILES string of the molecule is COc1ccc(C(NC(=O)Cn2cc(Br)ccc2=O)C2CC2)cc1. The molecule has 1 amide bonds. The Balaban J connectivity index is 1.72. The lowest BCUT2D eigenvalue weighted by Gasteiger charge is -2.19. The monoisotopic (exact) mass is 390 g/mol. The second kappa shape index (κ2) is 7.21. The number of carbonyl (C=O) groups is 1. The van der Waals surface area contributed by atoms with Crippen molar-refractivity contribution in [3.05, 3.63) is 63.0 Å². The van der Waals surface area contributed by atoms with E-state index in [1.54, 1.807) is 19.4 Å². The van der Waals surface area contributed by atoms with Gasteiger partial charge in [-0.3, -0.25) is 9.59 Å². The quantitative estimate of drug-likeness (QED) is 0.824. The number of aromatic nitrogens is 1. The summed E-state index contributed by atoms with van der Waals surface area (Å²) in [6.07, 6.45) is 3.84. The number of nitrogens with one attached hydrogen (secondary N) is 1. The van der Waals surface area contributed by atoms with Gasteiger partial charge in [0.2, 0.25) is 5.91 Å². The Morgan fingerprint density at radius 3 is 2.62 bits per heavy atom. The van der Waals surface area contributed by atoms with Crippen LogP contribution in [0.15, 0.2) is 51.9 Å². The third-order valence-corrected chi connectivity index (χ3v) is 4.62. The molecule has 1 aliphatic rings. The van der Waals surface area contributed by atoms with E-state index >= 15 is 0 Å². The number of benzene rings is 1. The Morgan fingerprint density at radius 1 is 1.29 bits per heavy atom. The summed E-state index contributed by atoms with van der Waals surface area (Å²) in [4.78, 5) is 24.2. The van der Waals surface area contributed by atoms with Gasteiger partial charge in [-0.1, -0.05) is 12.1 Å². The summed E-state index contributed by atoms with van der Waals surface area (Å²) in [6, 6.07) is 10.8. The Kier molecular flexibility index (Phi) is 5.04. The minimum absolute atomic E-state index is 0.0116. The summed E-state index contributed by atoms with van der Waals surface area (Å²) in [5.41, 5.74) is 0.869. The van der Waals surface area contributed by atoms with Crippen molar-refractivity contribution in [2.24, 2.45) is 5.92 Å². The Labute approximate surface area is 148 Å². The molecular weight excluding hydrogens is 372 g/mol. The molecule has 1 N–H and O–H groups in total. The first-order valence-corrected chi connectivity index (χ1v) is 8.65. The first-order chi connectivity index (χ1) is 11.6. The third kappa shape index (κ3) is 4.06. The molecule has 24 heavy (non-hydrogen) atoms. The van der Waals surface area contributed by atoms with Gasteiger partial charge in [0.15, 0.2) is 0 Å². The molecule has 1 aromatic heterocycles. The van der Waals surface area contributed by atoms with Crippen LogP contribution in [0.5, 0.6) is 5.75 Å². The zero-order valence-electron chi connectivity index (χ0n) is 13.4. The highest BCUT2D eigenvalue weighted by molar-refractivity contribution is 9.10. The molecule has 5 nitrogen and oxygen atoms in total. The van der Waals surface area contributed by atoms with E-state index < -0.39 is 0 Å². The molecule has 0 spiro atoms. The van der Waals surface area contributed by atoms with Gasteiger partial charge >= 0.3 is 0 Å². The van der Waals surface area contributed by atoms with Crippen molar-refractivity contribution < 1.29 is 9.53 Å². The van der Waals surface area contributed by atoms with Gasteiger partial charge in [0.1, 0.15) is 12.3 Å². The molecule has 2 aromatic rings. The molecule has 1 saturated carbocycles. The van der Waals surface area contributed by atoms with E-state index in [4.69, 9.17) is 4.74 Å². The molecule has 0 aliphatic heterocycles. The van der Waals surface area contributed by atoms with Crippen LogP contribution in [-0.2, 0) is 11.3 Å². The highest BCUT2D eigenvalue weighted by Gasteiger charge is 2.33. The lowest BCUT2D eigenvalue weighted by molar-refractivity contribution is -0.122. The van der Waals surface area contributed by atoms with Crippen molar-refractivity contribution in [3.63, 3.8) is 0 Å². The molecule has 0 radical (unpaired) electrons. The molecule has 1 aliphatic carbocycles. The Morgan fingerprint density at radius 2 is 2.00 bits per heavy atom. The molecule has 0 bridgehead atoms.